The Balaban J connectivity index is 1.96. The molecule has 0 aliphatic rings. The molecule has 128 valence electrons. The molecule has 2 aromatic carbocycles. The van der Waals surface area contributed by atoms with Crippen molar-refractivity contribution in [3.8, 4) is 0 Å². The highest BCUT2D eigenvalue weighted by Gasteiger charge is 2.12. The van der Waals surface area contributed by atoms with Crippen LogP contribution < -0.4 is 10.2 Å². The normalized spacial score (nSPS) is 10.6. The zero-order valence-corrected chi connectivity index (χ0v) is 15.2. The lowest BCUT2D eigenvalue weighted by Gasteiger charge is -2.22. The summed E-state index contributed by atoms with van der Waals surface area (Å²) in [6, 6.07) is 18.6. The number of nitrogens with zero attached hydrogens (tertiary/aromatic N) is 3. The van der Waals surface area contributed by atoms with Crippen LogP contribution in [0.2, 0.25) is 0 Å². The molecule has 0 spiro atoms. The van der Waals surface area contributed by atoms with E-state index in [0.29, 0.717) is 5.95 Å². The summed E-state index contributed by atoms with van der Waals surface area (Å²) in [6.07, 6.45) is 0. The van der Waals surface area contributed by atoms with Crippen molar-refractivity contribution in [3.63, 3.8) is 0 Å². The van der Waals surface area contributed by atoms with Gasteiger partial charge in [-0.25, -0.2) is 4.98 Å². The van der Waals surface area contributed by atoms with Gasteiger partial charge < -0.3 is 10.2 Å². The van der Waals surface area contributed by atoms with Gasteiger partial charge in [-0.3, -0.25) is 0 Å². The van der Waals surface area contributed by atoms with Crippen molar-refractivity contribution < 1.29 is 0 Å². The van der Waals surface area contributed by atoms with Crippen LogP contribution in [-0.2, 0) is 0 Å². The first-order valence-corrected chi connectivity index (χ1v) is 8.59. The van der Waals surface area contributed by atoms with Crippen molar-refractivity contribution in [2.75, 3.05) is 16.8 Å². The number of aryl methyl sites for hydroxylation is 3. The van der Waals surface area contributed by atoms with Crippen LogP contribution >= 0.6 is 0 Å². The average molecular weight is 332 g/mol. The third kappa shape index (κ3) is 3.97. The fourth-order valence-electron chi connectivity index (χ4n) is 2.79. The molecular weight excluding hydrogens is 308 g/mol. The monoisotopic (exact) mass is 332 g/mol. The molecular formula is C21H24N4. The second-order valence-corrected chi connectivity index (χ2v) is 6.22. The van der Waals surface area contributed by atoms with E-state index in [1.54, 1.807) is 0 Å². The lowest BCUT2D eigenvalue weighted by molar-refractivity contribution is 0.936. The van der Waals surface area contributed by atoms with E-state index in [1.165, 1.54) is 11.1 Å². The first kappa shape index (κ1) is 17.0. The van der Waals surface area contributed by atoms with E-state index in [9.17, 15) is 0 Å². The maximum Gasteiger partial charge on any atom is 0.232 e. The number of rotatable bonds is 5. The Labute approximate surface area is 149 Å². The molecule has 0 fully saturated rings. The van der Waals surface area contributed by atoms with Gasteiger partial charge in [0, 0.05) is 29.7 Å². The number of para-hydroxylation sites is 1. The molecule has 0 bridgehead atoms. The molecule has 0 saturated heterocycles. The Kier molecular flexibility index (Phi) is 4.98. The van der Waals surface area contributed by atoms with Crippen molar-refractivity contribution in [1.82, 2.24) is 9.97 Å². The minimum Gasteiger partial charge on any atom is -0.340 e. The molecule has 1 aromatic heterocycles. The summed E-state index contributed by atoms with van der Waals surface area (Å²) in [7, 11) is 0. The van der Waals surface area contributed by atoms with Crippen molar-refractivity contribution in [3.05, 3.63) is 71.4 Å². The molecule has 3 rings (SSSR count). The number of hydrogen-bond acceptors (Lipinski definition) is 4. The molecule has 0 atom stereocenters. The van der Waals surface area contributed by atoms with Crippen LogP contribution in [0, 0.1) is 20.8 Å². The quantitative estimate of drug-likeness (QED) is 0.688. The second-order valence-electron chi connectivity index (χ2n) is 6.22. The van der Waals surface area contributed by atoms with Gasteiger partial charge in [0.25, 0.3) is 0 Å². The lowest BCUT2D eigenvalue weighted by atomic mass is 10.1. The zero-order chi connectivity index (χ0) is 17.8. The third-order valence-corrected chi connectivity index (χ3v) is 4.12. The van der Waals surface area contributed by atoms with Gasteiger partial charge in [0.1, 0.15) is 5.82 Å². The van der Waals surface area contributed by atoms with Gasteiger partial charge in [0.15, 0.2) is 0 Å². The average Bonchev–Trinajstić information content (AvgIpc) is 2.59. The Hall–Kier alpha value is -2.88. The maximum absolute atomic E-state index is 4.75. The van der Waals surface area contributed by atoms with E-state index in [-0.39, 0.29) is 0 Å². The fraction of sp³-hybridized carbons (Fsp3) is 0.238. The maximum atomic E-state index is 4.75. The summed E-state index contributed by atoms with van der Waals surface area (Å²) in [5, 5.41) is 3.45. The van der Waals surface area contributed by atoms with Crippen LogP contribution in [0.25, 0.3) is 0 Å². The number of hydrogen-bond donors (Lipinski definition) is 1. The van der Waals surface area contributed by atoms with Crippen LogP contribution in [0.1, 0.15) is 23.7 Å². The molecule has 25 heavy (non-hydrogen) atoms. The summed E-state index contributed by atoms with van der Waals surface area (Å²) in [6.45, 7) is 9.10. The molecule has 0 amide bonds. The Morgan fingerprint density at radius 2 is 1.68 bits per heavy atom. The highest BCUT2D eigenvalue weighted by atomic mass is 15.3. The number of benzene rings is 2. The molecule has 4 nitrogen and oxygen atoms in total. The van der Waals surface area contributed by atoms with Crippen LogP contribution in [0.5, 0.6) is 0 Å². The van der Waals surface area contributed by atoms with Crippen molar-refractivity contribution in [1.29, 1.82) is 0 Å². The van der Waals surface area contributed by atoms with Crippen LogP contribution in [-0.4, -0.2) is 16.5 Å². The standard InChI is InChI=1S/C21H24N4/c1-5-25(18-9-7-6-8-10-18)21-22-17(4)14-20(24-21)23-19-13-15(2)11-12-16(19)3/h6-14H,5H2,1-4H3,(H,22,23,24). The number of nitrogens with one attached hydrogen (secondary N) is 1. The van der Waals surface area contributed by atoms with E-state index in [0.717, 1.165) is 29.4 Å². The van der Waals surface area contributed by atoms with Gasteiger partial charge in [-0.05, 0) is 57.0 Å². The molecule has 0 saturated carbocycles. The van der Waals surface area contributed by atoms with Gasteiger partial charge in [-0.15, -0.1) is 0 Å². The van der Waals surface area contributed by atoms with Crippen LogP contribution in [0.15, 0.2) is 54.6 Å². The Morgan fingerprint density at radius 1 is 0.920 bits per heavy atom. The van der Waals surface area contributed by atoms with Crippen molar-refractivity contribution >= 4 is 23.1 Å². The van der Waals surface area contributed by atoms with E-state index >= 15 is 0 Å². The SMILES string of the molecule is CCN(c1ccccc1)c1nc(C)cc(Nc2cc(C)ccc2C)n1. The van der Waals surface area contributed by atoms with Crippen LogP contribution in [0.4, 0.5) is 23.1 Å². The highest BCUT2D eigenvalue weighted by Crippen LogP contribution is 2.25. The first-order chi connectivity index (χ1) is 12.1. The Bertz CT molecular complexity index is 859. The predicted molar refractivity (Wildman–Crippen MR) is 105 cm³/mol. The summed E-state index contributed by atoms with van der Waals surface area (Å²) in [4.78, 5) is 11.5. The largest absolute Gasteiger partial charge is 0.340 e. The van der Waals surface area contributed by atoms with E-state index < -0.39 is 0 Å². The van der Waals surface area contributed by atoms with Gasteiger partial charge in [0.05, 0.1) is 0 Å². The summed E-state index contributed by atoms with van der Waals surface area (Å²) in [5.74, 6) is 1.52. The van der Waals surface area contributed by atoms with E-state index in [2.05, 4.69) is 66.3 Å². The van der Waals surface area contributed by atoms with E-state index in [1.807, 2.05) is 31.2 Å². The fourth-order valence-corrected chi connectivity index (χ4v) is 2.79. The first-order valence-electron chi connectivity index (χ1n) is 8.59. The topological polar surface area (TPSA) is 41.1 Å². The zero-order valence-electron chi connectivity index (χ0n) is 15.2. The molecule has 4 heteroatoms. The van der Waals surface area contributed by atoms with Crippen LogP contribution in [0.3, 0.4) is 0 Å². The number of anilines is 4. The Morgan fingerprint density at radius 3 is 2.40 bits per heavy atom. The molecule has 0 radical (unpaired) electrons. The lowest BCUT2D eigenvalue weighted by Crippen LogP contribution is -2.19. The summed E-state index contributed by atoms with van der Waals surface area (Å²) >= 11 is 0. The van der Waals surface area contributed by atoms with Gasteiger partial charge in [-0.1, -0.05) is 30.3 Å². The minimum absolute atomic E-state index is 0.710. The van der Waals surface area contributed by atoms with Crippen molar-refractivity contribution in [2.45, 2.75) is 27.7 Å². The van der Waals surface area contributed by atoms with Gasteiger partial charge in [0.2, 0.25) is 5.95 Å². The minimum atomic E-state index is 0.710. The van der Waals surface area contributed by atoms with Gasteiger partial charge >= 0.3 is 0 Å². The summed E-state index contributed by atoms with van der Waals surface area (Å²) < 4.78 is 0. The summed E-state index contributed by atoms with van der Waals surface area (Å²) in [5.41, 5.74) is 5.52. The molecule has 0 aliphatic carbocycles. The van der Waals surface area contributed by atoms with Gasteiger partial charge in [-0.2, -0.15) is 4.98 Å². The predicted octanol–water partition coefficient (Wildman–Crippen LogP) is 5.30. The smallest absolute Gasteiger partial charge is 0.232 e. The molecule has 1 heterocycles. The third-order valence-electron chi connectivity index (χ3n) is 4.12. The molecule has 0 unspecified atom stereocenters. The molecule has 3 aromatic rings. The van der Waals surface area contributed by atoms with E-state index in [4.69, 9.17) is 4.98 Å². The molecule has 0 aliphatic heterocycles. The number of aromatic nitrogens is 2. The second kappa shape index (κ2) is 7.34. The van der Waals surface area contributed by atoms with Crippen molar-refractivity contribution in [2.24, 2.45) is 0 Å². The highest BCUT2D eigenvalue weighted by molar-refractivity contribution is 5.64. The molecule has 1 N–H and O–H groups in total.